The number of hydrogen-bond acceptors (Lipinski definition) is 5. The molecular formula is C10H23NO5S. The highest BCUT2D eigenvalue weighted by molar-refractivity contribution is 7.84. The second-order valence-electron chi connectivity index (χ2n) is 4.04. The number of ether oxygens (including phenoxy) is 1. The molecule has 7 heteroatoms. The molecule has 0 heterocycles. The van der Waals surface area contributed by atoms with Crippen LogP contribution in [0.15, 0.2) is 12.7 Å². The van der Waals surface area contributed by atoms with Crippen molar-refractivity contribution < 1.29 is 27.0 Å². The van der Waals surface area contributed by atoms with E-state index >= 15 is 0 Å². The molecule has 0 bridgehead atoms. The standard InChI is InChI=1S/C5H14N.C4H6O2.CH4O3S/c1-5-6(2,3)4;1-3-4(5)6-2;1-5(2,3)4/h5H2,1-4H3;3H,1H2,2H3;1H3,(H,2,3,4)/q+1;;/p-1. The van der Waals surface area contributed by atoms with Gasteiger partial charge in [-0.2, -0.15) is 0 Å². The molecule has 0 aliphatic carbocycles. The van der Waals surface area contributed by atoms with Crippen LogP contribution in [0.4, 0.5) is 0 Å². The van der Waals surface area contributed by atoms with E-state index in [9.17, 15) is 4.79 Å². The third-order valence-corrected chi connectivity index (χ3v) is 1.32. The lowest BCUT2D eigenvalue weighted by Gasteiger charge is -2.20. The molecule has 17 heavy (non-hydrogen) atoms. The van der Waals surface area contributed by atoms with Crippen LogP contribution in [0.2, 0.25) is 0 Å². The first-order valence-electron chi connectivity index (χ1n) is 4.79. The molecule has 0 spiro atoms. The first-order chi connectivity index (χ1) is 7.37. The Balaban J connectivity index is -0.000000174. The minimum Gasteiger partial charge on any atom is -0.748 e. The number of methoxy groups -OCH3 is 1. The fraction of sp³-hybridized carbons (Fsp3) is 0.700. The van der Waals surface area contributed by atoms with Crippen molar-refractivity contribution in [1.29, 1.82) is 0 Å². The van der Waals surface area contributed by atoms with Gasteiger partial charge in [-0.1, -0.05) is 6.58 Å². The van der Waals surface area contributed by atoms with Crippen molar-refractivity contribution in [3.8, 4) is 0 Å². The van der Waals surface area contributed by atoms with E-state index < -0.39 is 16.1 Å². The van der Waals surface area contributed by atoms with Crippen LogP contribution in [0, 0.1) is 0 Å². The predicted octanol–water partition coefficient (Wildman–Crippen LogP) is 0.219. The maximum absolute atomic E-state index is 9.84. The average molecular weight is 269 g/mol. The van der Waals surface area contributed by atoms with Gasteiger partial charge in [0, 0.05) is 12.3 Å². The first kappa shape index (κ1) is 21.4. The van der Waals surface area contributed by atoms with Crippen molar-refractivity contribution in [2.24, 2.45) is 0 Å². The second kappa shape index (κ2) is 10.2. The number of hydrogen-bond donors (Lipinski definition) is 0. The Morgan fingerprint density at radius 1 is 1.41 bits per heavy atom. The van der Waals surface area contributed by atoms with E-state index in [0.717, 1.165) is 10.6 Å². The zero-order valence-corrected chi connectivity index (χ0v) is 12.2. The van der Waals surface area contributed by atoms with Gasteiger partial charge < -0.3 is 13.8 Å². The highest BCUT2D eigenvalue weighted by Gasteiger charge is 1.97. The normalized spacial score (nSPS) is 10.1. The summed E-state index contributed by atoms with van der Waals surface area (Å²) in [5.74, 6) is -0.394. The Kier molecular flexibility index (Phi) is 12.9. The molecule has 0 rings (SSSR count). The first-order valence-corrected chi connectivity index (χ1v) is 6.60. The van der Waals surface area contributed by atoms with Crippen LogP contribution in [-0.2, 0) is 19.6 Å². The van der Waals surface area contributed by atoms with Gasteiger partial charge in [0.15, 0.2) is 0 Å². The fourth-order valence-electron chi connectivity index (χ4n) is 0.0833. The third-order valence-electron chi connectivity index (χ3n) is 1.32. The topological polar surface area (TPSA) is 83.5 Å². The minimum atomic E-state index is -3.92. The van der Waals surface area contributed by atoms with Crippen molar-refractivity contribution in [2.45, 2.75) is 6.92 Å². The lowest BCUT2D eigenvalue weighted by atomic mass is 10.6. The lowest BCUT2D eigenvalue weighted by Crippen LogP contribution is -2.33. The SMILES string of the molecule is C=CC(=O)OC.CC[N+](C)(C)C.CS(=O)(=O)[O-]. The Morgan fingerprint density at radius 3 is 1.65 bits per heavy atom. The fourth-order valence-corrected chi connectivity index (χ4v) is 0.0833. The molecule has 0 aliphatic heterocycles. The Morgan fingerprint density at radius 2 is 1.65 bits per heavy atom. The number of rotatable bonds is 2. The van der Waals surface area contributed by atoms with E-state index in [1.165, 1.54) is 13.7 Å². The number of nitrogens with zero attached hydrogens (tertiary/aromatic N) is 1. The lowest BCUT2D eigenvalue weighted by molar-refractivity contribution is -0.868. The van der Waals surface area contributed by atoms with Crippen LogP contribution in [0.3, 0.4) is 0 Å². The molecule has 0 aromatic carbocycles. The van der Waals surface area contributed by atoms with E-state index in [0.29, 0.717) is 6.26 Å². The molecule has 0 atom stereocenters. The molecule has 0 saturated carbocycles. The van der Waals surface area contributed by atoms with Crippen LogP contribution in [-0.4, -0.2) is 64.5 Å². The zero-order chi connectivity index (χ0) is 14.7. The van der Waals surface area contributed by atoms with Gasteiger partial charge in [0.25, 0.3) is 0 Å². The Hall–Kier alpha value is -0.920. The number of carbonyl (C=O) groups is 1. The maximum atomic E-state index is 9.84. The Labute approximate surface area is 104 Å². The summed E-state index contributed by atoms with van der Waals surface area (Å²) in [5.41, 5.74) is 0. The number of esters is 1. The summed E-state index contributed by atoms with van der Waals surface area (Å²) >= 11 is 0. The van der Waals surface area contributed by atoms with Gasteiger partial charge in [-0.3, -0.25) is 0 Å². The van der Waals surface area contributed by atoms with Crippen LogP contribution in [0.5, 0.6) is 0 Å². The number of carbonyl (C=O) groups excluding carboxylic acids is 1. The third kappa shape index (κ3) is 69.8. The van der Waals surface area contributed by atoms with E-state index in [1.54, 1.807) is 0 Å². The summed E-state index contributed by atoms with van der Waals surface area (Å²) in [4.78, 5) is 9.84. The summed E-state index contributed by atoms with van der Waals surface area (Å²) in [7, 11) is 3.93. The van der Waals surface area contributed by atoms with Gasteiger partial charge in [-0.25, -0.2) is 13.2 Å². The summed E-state index contributed by atoms with van der Waals surface area (Å²) in [6.45, 7) is 6.55. The van der Waals surface area contributed by atoms with E-state index in [2.05, 4.69) is 39.4 Å². The average Bonchev–Trinajstić information content (AvgIpc) is 2.14. The molecule has 0 aromatic rings. The Bertz CT molecular complexity index is 295. The van der Waals surface area contributed by atoms with Gasteiger partial charge in [-0.05, 0) is 6.92 Å². The highest BCUT2D eigenvalue weighted by Crippen LogP contribution is 1.83. The van der Waals surface area contributed by atoms with Crippen molar-refractivity contribution >= 4 is 16.1 Å². The highest BCUT2D eigenvalue weighted by atomic mass is 32.2. The van der Waals surface area contributed by atoms with Crippen LogP contribution < -0.4 is 0 Å². The molecule has 0 unspecified atom stereocenters. The molecule has 0 saturated heterocycles. The van der Waals surface area contributed by atoms with E-state index in [1.807, 2.05) is 0 Å². The van der Waals surface area contributed by atoms with Crippen LogP contribution >= 0.6 is 0 Å². The van der Waals surface area contributed by atoms with Crippen molar-refractivity contribution in [1.82, 2.24) is 0 Å². The molecule has 104 valence electrons. The molecule has 0 radical (unpaired) electrons. The van der Waals surface area contributed by atoms with E-state index in [4.69, 9.17) is 13.0 Å². The van der Waals surface area contributed by atoms with Crippen LogP contribution in [0.25, 0.3) is 0 Å². The zero-order valence-electron chi connectivity index (χ0n) is 11.4. The predicted molar refractivity (Wildman–Crippen MR) is 66.4 cm³/mol. The maximum Gasteiger partial charge on any atom is 0.329 e. The molecule has 6 nitrogen and oxygen atoms in total. The molecule has 0 aromatic heterocycles. The van der Waals surface area contributed by atoms with Gasteiger partial charge >= 0.3 is 5.97 Å². The largest absolute Gasteiger partial charge is 0.748 e. The molecule has 0 fully saturated rings. The van der Waals surface area contributed by atoms with Crippen molar-refractivity contribution in [2.75, 3.05) is 41.1 Å². The molecule has 0 N–H and O–H groups in total. The van der Waals surface area contributed by atoms with Gasteiger partial charge in [-0.15, -0.1) is 0 Å². The molecular weight excluding hydrogens is 246 g/mol. The van der Waals surface area contributed by atoms with Crippen LogP contribution in [0.1, 0.15) is 6.92 Å². The van der Waals surface area contributed by atoms with E-state index in [-0.39, 0.29) is 0 Å². The summed E-state index contributed by atoms with van der Waals surface area (Å²) in [6, 6.07) is 0. The van der Waals surface area contributed by atoms with Crippen molar-refractivity contribution in [3.63, 3.8) is 0 Å². The quantitative estimate of drug-likeness (QED) is 0.310. The number of quaternary nitrogens is 1. The van der Waals surface area contributed by atoms with Gasteiger partial charge in [0.2, 0.25) is 0 Å². The van der Waals surface area contributed by atoms with Crippen molar-refractivity contribution in [3.05, 3.63) is 12.7 Å². The summed E-state index contributed by atoms with van der Waals surface area (Å²) in [6.07, 6.45) is 1.72. The van der Waals surface area contributed by atoms with Gasteiger partial charge in [0.05, 0.1) is 44.9 Å². The van der Waals surface area contributed by atoms with Gasteiger partial charge in [0.1, 0.15) is 0 Å². The second-order valence-corrected chi connectivity index (χ2v) is 5.45. The smallest absolute Gasteiger partial charge is 0.329 e. The monoisotopic (exact) mass is 269 g/mol. The molecule has 0 aliphatic rings. The summed E-state index contributed by atoms with van der Waals surface area (Å²) < 4.78 is 32.4. The summed E-state index contributed by atoms with van der Waals surface area (Å²) in [5, 5.41) is 0. The minimum absolute atomic E-state index is 0.394. The molecule has 0 amide bonds.